The fourth-order valence-corrected chi connectivity index (χ4v) is 5.97. The first-order valence-corrected chi connectivity index (χ1v) is 12.6. The van der Waals surface area contributed by atoms with Crippen molar-refractivity contribution in [2.75, 3.05) is 19.6 Å². The first kappa shape index (κ1) is 22.5. The Morgan fingerprint density at radius 1 is 1.00 bits per heavy atom. The Bertz CT molecular complexity index is 1050. The van der Waals surface area contributed by atoms with Crippen molar-refractivity contribution in [2.24, 2.45) is 5.92 Å². The zero-order chi connectivity index (χ0) is 22.6. The minimum Gasteiger partial charge on any atom is -0.354 e. The predicted octanol–water partition coefficient (Wildman–Crippen LogP) is 2.86. The summed E-state index contributed by atoms with van der Waals surface area (Å²) in [7, 11) is -3.78. The summed E-state index contributed by atoms with van der Waals surface area (Å²) in [6.07, 6.45) is 5.75. The topological polar surface area (TPSA) is 95.6 Å². The number of hydrogen-bond donors (Lipinski definition) is 2. The van der Waals surface area contributed by atoms with E-state index >= 15 is 0 Å². The van der Waals surface area contributed by atoms with Crippen molar-refractivity contribution in [1.82, 2.24) is 14.9 Å². The molecule has 170 valence electrons. The molecule has 2 aliphatic rings. The number of nitrogens with one attached hydrogen (secondary N) is 2. The molecule has 0 spiro atoms. The molecule has 0 bridgehead atoms. The van der Waals surface area contributed by atoms with Crippen LogP contribution in [0.1, 0.15) is 54.1 Å². The lowest BCUT2D eigenvalue weighted by atomic mass is 9.81. The van der Waals surface area contributed by atoms with E-state index in [4.69, 9.17) is 0 Å². The van der Waals surface area contributed by atoms with Crippen molar-refractivity contribution in [2.45, 2.75) is 43.0 Å². The molecule has 2 fully saturated rings. The van der Waals surface area contributed by atoms with Crippen LogP contribution in [0.2, 0.25) is 0 Å². The normalized spacial score (nSPS) is 19.2. The number of carbonyl (C=O) groups is 2. The maximum absolute atomic E-state index is 13.1. The molecule has 0 radical (unpaired) electrons. The smallest absolute Gasteiger partial charge is 0.251 e. The SMILES string of the molecule is O=C1CN(S(=O)(=O)c2ccc(C(=O)NC(c3ccccc3)C3CCCCC3)cc2)CCN1. The molecule has 1 atom stereocenters. The molecular weight excluding hydrogens is 426 g/mol. The summed E-state index contributed by atoms with van der Waals surface area (Å²) < 4.78 is 26.8. The maximum atomic E-state index is 13.1. The van der Waals surface area contributed by atoms with E-state index in [1.165, 1.54) is 43.5 Å². The van der Waals surface area contributed by atoms with Crippen LogP contribution in [-0.2, 0) is 14.8 Å². The van der Waals surface area contributed by atoms with E-state index in [0.717, 1.165) is 22.7 Å². The molecule has 2 aromatic rings. The molecule has 1 saturated carbocycles. The van der Waals surface area contributed by atoms with Crippen LogP contribution in [0.25, 0.3) is 0 Å². The highest BCUT2D eigenvalue weighted by Crippen LogP contribution is 2.34. The first-order valence-electron chi connectivity index (χ1n) is 11.2. The van der Waals surface area contributed by atoms with Crippen molar-refractivity contribution in [3.8, 4) is 0 Å². The van der Waals surface area contributed by atoms with Crippen LogP contribution in [0.4, 0.5) is 0 Å². The zero-order valence-corrected chi connectivity index (χ0v) is 18.8. The standard InChI is InChI=1S/C24H29N3O4S/c28-22-17-27(16-15-25-22)32(30,31)21-13-11-20(12-14-21)24(29)26-23(18-7-3-1-4-8-18)19-9-5-2-6-10-19/h1,3-4,7-8,11-14,19,23H,2,5-6,9-10,15-17H2,(H,25,28)(H,26,29). The summed E-state index contributed by atoms with van der Waals surface area (Å²) in [5.41, 5.74) is 1.51. The number of piperazine rings is 1. The van der Waals surface area contributed by atoms with Crippen molar-refractivity contribution in [3.63, 3.8) is 0 Å². The largest absolute Gasteiger partial charge is 0.354 e. The van der Waals surface area contributed by atoms with Gasteiger partial charge in [0.05, 0.1) is 17.5 Å². The Morgan fingerprint density at radius 3 is 2.34 bits per heavy atom. The minimum atomic E-state index is -3.78. The summed E-state index contributed by atoms with van der Waals surface area (Å²) in [4.78, 5) is 24.7. The maximum Gasteiger partial charge on any atom is 0.251 e. The van der Waals surface area contributed by atoms with Crippen molar-refractivity contribution < 1.29 is 18.0 Å². The molecule has 1 unspecified atom stereocenters. The molecule has 1 heterocycles. The van der Waals surface area contributed by atoms with Crippen LogP contribution in [-0.4, -0.2) is 44.2 Å². The number of amides is 2. The highest BCUT2D eigenvalue weighted by Gasteiger charge is 2.30. The molecule has 2 amide bonds. The fraction of sp³-hybridized carbons (Fsp3) is 0.417. The molecule has 32 heavy (non-hydrogen) atoms. The van der Waals surface area contributed by atoms with Gasteiger partial charge in [0.1, 0.15) is 0 Å². The van der Waals surface area contributed by atoms with E-state index in [9.17, 15) is 18.0 Å². The summed E-state index contributed by atoms with van der Waals surface area (Å²) in [5.74, 6) is -0.142. The number of rotatable bonds is 6. The predicted molar refractivity (Wildman–Crippen MR) is 121 cm³/mol. The Labute approximate surface area is 189 Å². The average Bonchev–Trinajstić information content (AvgIpc) is 2.83. The third-order valence-electron chi connectivity index (χ3n) is 6.32. The molecular formula is C24H29N3O4S. The lowest BCUT2D eigenvalue weighted by Gasteiger charge is -2.31. The molecule has 8 heteroatoms. The third kappa shape index (κ3) is 5.02. The Balaban J connectivity index is 1.50. The number of nitrogens with zero attached hydrogens (tertiary/aromatic N) is 1. The second-order valence-electron chi connectivity index (χ2n) is 8.47. The van der Waals surface area contributed by atoms with Gasteiger partial charge in [-0.2, -0.15) is 4.31 Å². The number of benzene rings is 2. The quantitative estimate of drug-likeness (QED) is 0.700. The summed E-state index contributed by atoms with van der Waals surface area (Å²) in [6, 6.07) is 15.9. The van der Waals surface area contributed by atoms with Gasteiger partial charge in [-0.05, 0) is 48.6 Å². The van der Waals surface area contributed by atoms with Gasteiger partial charge in [-0.3, -0.25) is 9.59 Å². The van der Waals surface area contributed by atoms with E-state index in [0.29, 0.717) is 18.0 Å². The lowest BCUT2D eigenvalue weighted by molar-refractivity contribution is -0.122. The minimum absolute atomic E-state index is 0.0701. The Morgan fingerprint density at radius 2 is 1.69 bits per heavy atom. The van der Waals surface area contributed by atoms with Crippen molar-refractivity contribution in [1.29, 1.82) is 0 Å². The first-order chi connectivity index (χ1) is 15.4. The van der Waals surface area contributed by atoms with Gasteiger partial charge in [0.2, 0.25) is 15.9 Å². The molecule has 1 saturated heterocycles. The summed E-state index contributed by atoms with van der Waals surface area (Å²) in [5, 5.41) is 5.82. The van der Waals surface area contributed by atoms with Gasteiger partial charge >= 0.3 is 0 Å². The highest BCUT2D eigenvalue weighted by atomic mass is 32.2. The fourth-order valence-electron chi connectivity index (χ4n) is 4.57. The zero-order valence-electron chi connectivity index (χ0n) is 18.0. The van der Waals surface area contributed by atoms with Crippen LogP contribution in [0.15, 0.2) is 59.5 Å². The van der Waals surface area contributed by atoms with E-state index in [-0.39, 0.29) is 35.8 Å². The molecule has 7 nitrogen and oxygen atoms in total. The number of sulfonamides is 1. The van der Waals surface area contributed by atoms with Gasteiger partial charge in [-0.25, -0.2) is 8.42 Å². The summed E-state index contributed by atoms with van der Waals surface area (Å²) >= 11 is 0. The molecule has 2 aromatic carbocycles. The Hall–Kier alpha value is -2.71. The number of hydrogen-bond acceptors (Lipinski definition) is 4. The van der Waals surface area contributed by atoms with Gasteiger partial charge in [0.25, 0.3) is 5.91 Å². The van der Waals surface area contributed by atoms with Gasteiger partial charge < -0.3 is 10.6 Å². The van der Waals surface area contributed by atoms with Crippen LogP contribution in [0, 0.1) is 5.92 Å². The second kappa shape index (κ2) is 9.83. The van der Waals surface area contributed by atoms with E-state index in [1.54, 1.807) is 0 Å². The monoisotopic (exact) mass is 455 g/mol. The van der Waals surface area contributed by atoms with Gasteiger partial charge in [0, 0.05) is 18.7 Å². The van der Waals surface area contributed by atoms with Gasteiger partial charge in [-0.15, -0.1) is 0 Å². The third-order valence-corrected chi connectivity index (χ3v) is 8.18. The van der Waals surface area contributed by atoms with Crippen molar-refractivity contribution in [3.05, 3.63) is 65.7 Å². The van der Waals surface area contributed by atoms with Crippen LogP contribution in [0.3, 0.4) is 0 Å². The average molecular weight is 456 g/mol. The number of carbonyl (C=O) groups excluding carboxylic acids is 2. The van der Waals surface area contributed by atoms with E-state index in [1.807, 2.05) is 30.3 Å². The summed E-state index contributed by atoms with van der Waals surface area (Å²) in [6.45, 7) is 0.335. The van der Waals surface area contributed by atoms with E-state index < -0.39 is 10.0 Å². The van der Waals surface area contributed by atoms with Crippen molar-refractivity contribution >= 4 is 21.8 Å². The van der Waals surface area contributed by atoms with Gasteiger partial charge in [-0.1, -0.05) is 49.6 Å². The molecule has 1 aliphatic carbocycles. The molecule has 0 aromatic heterocycles. The van der Waals surface area contributed by atoms with Crippen LogP contribution >= 0.6 is 0 Å². The molecule has 4 rings (SSSR count). The van der Waals surface area contributed by atoms with E-state index in [2.05, 4.69) is 10.6 Å². The second-order valence-corrected chi connectivity index (χ2v) is 10.4. The molecule has 1 aliphatic heterocycles. The molecule has 2 N–H and O–H groups in total. The van der Waals surface area contributed by atoms with Crippen LogP contribution < -0.4 is 10.6 Å². The van der Waals surface area contributed by atoms with Gasteiger partial charge in [0.15, 0.2) is 0 Å². The van der Waals surface area contributed by atoms with Crippen LogP contribution in [0.5, 0.6) is 0 Å². The highest BCUT2D eigenvalue weighted by molar-refractivity contribution is 7.89. The lowest BCUT2D eigenvalue weighted by Crippen LogP contribution is -2.49. The Kier molecular flexibility index (Phi) is 6.91.